The van der Waals surface area contributed by atoms with Gasteiger partial charge in [0.2, 0.25) is 0 Å². The molecule has 1 aromatic heterocycles. The maximum atomic E-state index is 12.5. The van der Waals surface area contributed by atoms with Crippen LogP contribution in [0.25, 0.3) is 17.3 Å². The molecule has 1 aliphatic heterocycles. The Bertz CT molecular complexity index is 880. The number of nitrogens with zero attached hydrogens (tertiary/aromatic N) is 4. The van der Waals surface area contributed by atoms with Gasteiger partial charge in [-0.3, -0.25) is 14.4 Å². The lowest BCUT2D eigenvalue weighted by atomic mass is 10.1. The molecule has 0 aliphatic carbocycles. The van der Waals surface area contributed by atoms with E-state index < -0.39 is 0 Å². The zero-order valence-electron chi connectivity index (χ0n) is 13.7. The predicted octanol–water partition coefficient (Wildman–Crippen LogP) is 3.68. The molecule has 1 aliphatic rings. The van der Waals surface area contributed by atoms with Gasteiger partial charge in [0.25, 0.3) is 5.91 Å². The van der Waals surface area contributed by atoms with Crippen molar-refractivity contribution in [3.63, 3.8) is 0 Å². The van der Waals surface area contributed by atoms with Crippen LogP contribution in [-0.2, 0) is 11.3 Å². The van der Waals surface area contributed by atoms with Crippen molar-refractivity contribution in [2.75, 3.05) is 6.54 Å². The summed E-state index contributed by atoms with van der Waals surface area (Å²) in [5.74, 6) is -0.0683. The molecular weight excluding hydrogens is 352 g/mol. The number of carbonyl (C=O) groups excluding carboxylic acids is 1. The average molecular weight is 368 g/mol. The Balaban J connectivity index is 2.02. The van der Waals surface area contributed by atoms with Gasteiger partial charge in [0.15, 0.2) is 0 Å². The highest BCUT2D eigenvalue weighted by molar-refractivity contribution is 8.26. The molecular formula is C18H16N4OS2. The standard InChI is InChI=1S/C18H16N4OS2/c1-2-22-17(23)15(25-18(22)24)11-14-12-21(10-6-9-19)20-16(14)13-7-4-3-5-8-13/h3-5,7-8,11-12H,2,6,10H2,1H3. The minimum Gasteiger partial charge on any atom is -0.293 e. The van der Waals surface area contributed by atoms with E-state index in [2.05, 4.69) is 11.2 Å². The third-order valence-corrected chi connectivity index (χ3v) is 5.14. The van der Waals surface area contributed by atoms with Crippen LogP contribution in [0.1, 0.15) is 18.9 Å². The van der Waals surface area contributed by atoms with Gasteiger partial charge in [0, 0.05) is 23.9 Å². The zero-order valence-corrected chi connectivity index (χ0v) is 15.3. The summed E-state index contributed by atoms with van der Waals surface area (Å²) in [5, 5.41) is 13.4. The van der Waals surface area contributed by atoms with E-state index >= 15 is 0 Å². The number of hydrogen-bond acceptors (Lipinski definition) is 5. The molecule has 2 aromatic rings. The second-order valence-corrected chi connectivity index (χ2v) is 7.07. The van der Waals surface area contributed by atoms with Crippen LogP contribution in [0.15, 0.2) is 41.4 Å². The van der Waals surface area contributed by atoms with Crippen LogP contribution in [0.4, 0.5) is 0 Å². The van der Waals surface area contributed by atoms with Gasteiger partial charge in [-0.05, 0) is 13.0 Å². The normalized spacial score (nSPS) is 15.8. The third kappa shape index (κ3) is 3.65. The molecule has 0 atom stereocenters. The highest BCUT2D eigenvalue weighted by Crippen LogP contribution is 2.34. The van der Waals surface area contributed by atoms with Gasteiger partial charge in [0.1, 0.15) is 4.32 Å². The van der Waals surface area contributed by atoms with Crippen LogP contribution >= 0.6 is 24.0 Å². The van der Waals surface area contributed by atoms with E-state index in [4.69, 9.17) is 17.5 Å². The molecule has 0 spiro atoms. The first kappa shape index (κ1) is 17.4. The summed E-state index contributed by atoms with van der Waals surface area (Å²) in [5.41, 5.74) is 2.61. The Morgan fingerprint density at radius 3 is 2.76 bits per heavy atom. The number of benzene rings is 1. The van der Waals surface area contributed by atoms with Crippen LogP contribution in [0.3, 0.4) is 0 Å². The number of rotatable bonds is 5. The van der Waals surface area contributed by atoms with Gasteiger partial charge < -0.3 is 0 Å². The van der Waals surface area contributed by atoms with Crippen LogP contribution in [0, 0.1) is 11.3 Å². The van der Waals surface area contributed by atoms with Gasteiger partial charge in [-0.15, -0.1) is 0 Å². The van der Waals surface area contributed by atoms with Crippen LogP contribution in [0.2, 0.25) is 0 Å². The first-order valence-electron chi connectivity index (χ1n) is 7.89. The molecule has 1 amide bonds. The summed E-state index contributed by atoms with van der Waals surface area (Å²) in [6.45, 7) is 2.98. The molecule has 1 saturated heterocycles. The summed E-state index contributed by atoms with van der Waals surface area (Å²) in [6.07, 6.45) is 4.10. The van der Waals surface area contributed by atoms with Gasteiger partial charge in [-0.1, -0.05) is 54.3 Å². The molecule has 2 heterocycles. The minimum atomic E-state index is -0.0683. The summed E-state index contributed by atoms with van der Waals surface area (Å²) >= 11 is 6.58. The number of carbonyl (C=O) groups is 1. The van der Waals surface area contributed by atoms with Gasteiger partial charge in [-0.2, -0.15) is 10.4 Å². The molecule has 3 rings (SSSR count). The van der Waals surface area contributed by atoms with E-state index in [1.54, 1.807) is 9.58 Å². The topological polar surface area (TPSA) is 61.9 Å². The van der Waals surface area contributed by atoms with E-state index in [1.165, 1.54) is 11.8 Å². The van der Waals surface area contributed by atoms with Crippen molar-refractivity contribution >= 4 is 40.3 Å². The van der Waals surface area contributed by atoms with E-state index in [0.717, 1.165) is 16.8 Å². The lowest BCUT2D eigenvalue weighted by Crippen LogP contribution is -2.27. The first-order chi connectivity index (χ1) is 12.1. The van der Waals surface area contributed by atoms with Crippen molar-refractivity contribution in [2.24, 2.45) is 0 Å². The lowest BCUT2D eigenvalue weighted by Gasteiger charge is -2.09. The quantitative estimate of drug-likeness (QED) is 0.595. The Labute approximate surface area is 155 Å². The van der Waals surface area contributed by atoms with E-state index in [9.17, 15) is 4.79 Å². The number of thiocarbonyl (C=S) groups is 1. The molecule has 0 N–H and O–H groups in total. The fourth-order valence-corrected chi connectivity index (χ4v) is 3.93. The van der Waals surface area contributed by atoms with Crippen molar-refractivity contribution < 1.29 is 4.79 Å². The molecule has 5 nitrogen and oxygen atoms in total. The Hall–Kier alpha value is -2.43. The molecule has 0 bridgehead atoms. The maximum absolute atomic E-state index is 12.5. The highest BCUT2D eigenvalue weighted by atomic mass is 32.2. The number of thioether (sulfide) groups is 1. The highest BCUT2D eigenvalue weighted by Gasteiger charge is 2.31. The molecule has 126 valence electrons. The molecule has 0 unspecified atom stereocenters. The largest absolute Gasteiger partial charge is 0.293 e. The van der Waals surface area contributed by atoms with E-state index in [-0.39, 0.29) is 5.91 Å². The van der Waals surface area contributed by atoms with Crippen molar-refractivity contribution in [1.29, 1.82) is 5.26 Å². The molecule has 1 fully saturated rings. The fraction of sp³-hybridized carbons (Fsp3) is 0.222. The van der Waals surface area contributed by atoms with Crippen molar-refractivity contribution in [3.8, 4) is 17.3 Å². The predicted molar refractivity (Wildman–Crippen MR) is 103 cm³/mol. The number of hydrogen-bond donors (Lipinski definition) is 0. The average Bonchev–Trinajstić information content (AvgIpc) is 3.14. The van der Waals surface area contributed by atoms with E-state index in [0.29, 0.717) is 28.7 Å². The van der Waals surface area contributed by atoms with Crippen LogP contribution in [-0.4, -0.2) is 31.5 Å². The van der Waals surface area contributed by atoms with Gasteiger partial charge >= 0.3 is 0 Å². The van der Waals surface area contributed by atoms with Gasteiger partial charge in [0.05, 0.1) is 29.6 Å². The molecule has 0 saturated carbocycles. The number of aromatic nitrogens is 2. The van der Waals surface area contributed by atoms with E-state index in [1.807, 2.05) is 49.5 Å². The summed E-state index contributed by atoms with van der Waals surface area (Å²) < 4.78 is 2.33. The maximum Gasteiger partial charge on any atom is 0.266 e. The smallest absolute Gasteiger partial charge is 0.266 e. The van der Waals surface area contributed by atoms with Crippen LogP contribution < -0.4 is 0 Å². The summed E-state index contributed by atoms with van der Waals surface area (Å²) in [7, 11) is 0. The lowest BCUT2D eigenvalue weighted by molar-refractivity contribution is -0.121. The molecule has 7 heteroatoms. The van der Waals surface area contributed by atoms with Crippen molar-refractivity contribution in [3.05, 3.63) is 47.0 Å². The SMILES string of the molecule is CCN1C(=O)C(=Cc2cn(CCC#N)nc2-c2ccccc2)SC1=S. The minimum absolute atomic E-state index is 0.0683. The Morgan fingerprint density at radius 1 is 1.36 bits per heavy atom. The molecule has 0 radical (unpaired) electrons. The van der Waals surface area contributed by atoms with Crippen molar-refractivity contribution in [1.82, 2.24) is 14.7 Å². The third-order valence-electron chi connectivity index (χ3n) is 3.77. The monoisotopic (exact) mass is 368 g/mol. The first-order valence-corrected chi connectivity index (χ1v) is 9.11. The Kier molecular flexibility index (Phi) is 5.31. The molecule has 1 aromatic carbocycles. The number of aryl methyl sites for hydroxylation is 1. The molecule has 25 heavy (non-hydrogen) atoms. The summed E-state index contributed by atoms with van der Waals surface area (Å²) in [6, 6.07) is 11.9. The second-order valence-electron chi connectivity index (χ2n) is 5.40. The Morgan fingerprint density at radius 2 is 2.12 bits per heavy atom. The fourth-order valence-electron chi connectivity index (χ4n) is 2.56. The number of likely N-dealkylation sites (N-methyl/N-ethyl adjacent to an activating group) is 1. The van der Waals surface area contributed by atoms with Gasteiger partial charge in [-0.25, -0.2) is 0 Å². The zero-order chi connectivity index (χ0) is 17.8. The summed E-state index contributed by atoms with van der Waals surface area (Å²) in [4.78, 5) is 14.6. The second kappa shape index (κ2) is 7.64. The van der Waals surface area contributed by atoms with Crippen molar-refractivity contribution in [2.45, 2.75) is 19.9 Å². The van der Waals surface area contributed by atoms with Crippen LogP contribution in [0.5, 0.6) is 0 Å². The number of nitriles is 1. The number of amides is 1.